The monoisotopic (exact) mass is 397 g/mol. The van der Waals surface area contributed by atoms with Crippen molar-refractivity contribution < 1.29 is 13.9 Å². The van der Waals surface area contributed by atoms with E-state index in [9.17, 15) is 9.59 Å². The molecule has 0 aliphatic rings. The third kappa shape index (κ3) is 4.63. The zero-order valence-corrected chi connectivity index (χ0v) is 16.8. The van der Waals surface area contributed by atoms with Crippen LogP contribution in [0.15, 0.2) is 39.5 Å². The molecule has 152 valence electrons. The number of carbonyl (C=O) groups excluding carboxylic acids is 1. The number of hydrogen-bond acceptors (Lipinski definition) is 8. The van der Waals surface area contributed by atoms with Gasteiger partial charge in [-0.05, 0) is 19.1 Å². The molecule has 0 radical (unpaired) electrons. The Morgan fingerprint density at radius 1 is 1.21 bits per heavy atom. The van der Waals surface area contributed by atoms with Crippen LogP contribution >= 0.6 is 0 Å². The van der Waals surface area contributed by atoms with Gasteiger partial charge in [-0.15, -0.1) is 0 Å². The van der Waals surface area contributed by atoms with Crippen molar-refractivity contribution in [1.29, 1.82) is 0 Å². The highest BCUT2D eigenvalue weighted by Crippen LogP contribution is 2.24. The van der Waals surface area contributed by atoms with Crippen LogP contribution in [0, 0.1) is 6.92 Å². The fourth-order valence-corrected chi connectivity index (χ4v) is 2.74. The Bertz CT molecular complexity index is 1090. The molecule has 0 spiro atoms. The number of hydrogen-bond donors (Lipinski definition) is 2. The zero-order valence-electron chi connectivity index (χ0n) is 16.8. The first kappa shape index (κ1) is 20.1. The number of rotatable bonds is 7. The molecule has 1 aromatic carbocycles. The van der Waals surface area contributed by atoms with Gasteiger partial charge in [0.1, 0.15) is 11.4 Å². The van der Waals surface area contributed by atoms with E-state index in [-0.39, 0.29) is 12.1 Å². The molecule has 2 N–H and O–H groups in total. The maximum atomic E-state index is 12.4. The summed E-state index contributed by atoms with van der Waals surface area (Å²) in [6.45, 7) is 2.56. The number of anilines is 2. The summed E-state index contributed by atoms with van der Waals surface area (Å²) in [6, 6.07) is 8.57. The van der Waals surface area contributed by atoms with Gasteiger partial charge in [-0.3, -0.25) is 4.79 Å². The Labute approximate surface area is 167 Å². The van der Waals surface area contributed by atoms with Crippen molar-refractivity contribution in [3.05, 3.63) is 52.0 Å². The molecule has 0 atom stereocenters. The normalized spacial score (nSPS) is 10.6. The molecular weight excluding hydrogens is 374 g/mol. The highest BCUT2D eigenvalue weighted by molar-refractivity contribution is 5.97. The molecule has 1 amide bonds. The molecule has 9 heteroatoms. The number of aromatic nitrogens is 2. The van der Waals surface area contributed by atoms with Gasteiger partial charge >= 0.3 is 5.63 Å². The number of aryl methyl sites for hydroxylation is 1. The molecule has 0 saturated heterocycles. The van der Waals surface area contributed by atoms with Crippen LogP contribution in [0.3, 0.4) is 0 Å². The molecule has 0 aliphatic heterocycles. The smallest absolute Gasteiger partial charge is 0.349 e. The minimum Gasteiger partial charge on any atom is -0.493 e. The quantitative estimate of drug-likeness (QED) is 0.459. The summed E-state index contributed by atoms with van der Waals surface area (Å²) in [6.07, 6.45) is 0. The van der Waals surface area contributed by atoms with E-state index in [4.69, 9.17) is 9.15 Å². The van der Waals surface area contributed by atoms with Crippen LogP contribution in [0.1, 0.15) is 16.1 Å². The van der Waals surface area contributed by atoms with E-state index in [2.05, 4.69) is 20.6 Å². The van der Waals surface area contributed by atoms with E-state index in [1.807, 2.05) is 32.0 Å². The highest BCUT2D eigenvalue weighted by Gasteiger charge is 2.15. The first-order chi connectivity index (χ1) is 13.9. The second-order valence-corrected chi connectivity index (χ2v) is 6.59. The second kappa shape index (κ2) is 8.59. The number of ether oxygens (including phenoxy) is 1. The third-order valence-electron chi connectivity index (χ3n) is 4.18. The summed E-state index contributed by atoms with van der Waals surface area (Å²) in [5.74, 6) is 1.18. The minimum atomic E-state index is -0.717. The Morgan fingerprint density at radius 2 is 2.00 bits per heavy atom. The largest absolute Gasteiger partial charge is 0.493 e. The van der Waals surface area contributed by atoms with E-state index in [1.54, 1.807) is 18.2 Å². The predicted octanol–water partition coefficient (Wildman–Crippen LogP) is 1.81. The number of nitrogens with zero attached hydrogens (tertiary/aromatic N) is 3. The van der Waals surface area contributed by atoms with Gasteiger partial charge in [-0.1, -0.05) is 12.1 Å². The Kier molecular flexibility index (Phi) is 5.96. The van der Waals surface area contributed by atoms with E-state index in [0.29, 0.717) is 29.2 Å². The number of nitrogens with one attached hydrogen (secondary N) is 2. The first-order valence-electron chi connectivity index (χ1n) is 9.05. The van der Waals surface area contributed by atoms with Gasteiger partial charge < -0.3 is 24.7 Å². The topological polar surface area (TPSA) is 110 Å². The summed E-state index contributed by atoms with van der Waals surface area (Å²) in [7, 11) is 5.29. The molecule has 2 aromatic heterocycles. The Hall–Kier alpha value is -3.62. The zero-order chi connectivity index (χ0) is 21.0. The van der Waals surface area contributed by atoms with Crippen LogP contribution < -0.4 is 25.9 Å². The SMILES string of the molecule is COc1cccc2cc(C(=O)NCCNc3nc(C)cc(N(C)C)n3)c(=O)oc12. The Balaban J connectivity index is 1.64. The molecule has 2 heterocycles. The lowest BCUT2D eigenvalue weighted by atomic mass is 10.1. The molecule has 29 heavy (non-hydrogen) atoms. The van der Waals surface area contributed by atoms with Crippen LogP contribution in [-0.4, -0.2) is 50.2 Å². The first-order valence-corrected chi connectivity index (χ1v) is 9.05. The van der Waals surface area contributed by atoms with Crippen molar-refractivity contribution in [3.63, 3.8) is 0 Å². The van der Waals surface area contributed by atoms with Gasteiger partial charge in [0.05, 0.1) is 7.11 Å². The van der Waals surface area contributed by atoms with Crippen molar-refractivity contribution in [2.45, 2.75) is 6.92 Å². The maximum absolute atomic E-state index is 12.4. The number of carbonyl (C=O) groups is 1. The van der Waals surface area contributed by atoms with Gasteiger partial charge in [0.25, 0.3) is 5.91 Å². The Morgan fingerprint density at radius 3 is 2.72 bits per heavy atom. The molecule has 3 aromatic rings. The van der Waals surface area contributed by atoms with E-state index >= 15 is 0 Å². The molecule has 9 nitrogen and oxygen atoms in total. The molecule has 3 rings (SSSR count). The van der Waals surface area contributed by atoms with E-state index in [0.717, 1.165) is 11.5 Å². The number of methoxy groups -OCH3 is 1. The molecule has 0 fully saturated rings. The van der Waals surface area contributed by atoms with E-state index in [1.165, 1.54) is 13.2 Å². The minimum absolute atomic E-state index is 0.0625. The predicted molar refractivity (Wildman–Crippen MR) is 111 cm³/mol. The van der Waals surface area contributed by atoms with Gasteiger partial charge in [0, 0.05) is 44.3 Å². The second-order valence-electron chi connectivity index (χ2n) is 6.59. The lowest BCUT2D eigenvalue weighted by Gasteiger charge is -2.14. The molecule has 0 bridgehead atoms. The maximum Gasteiger partial charge on any atom is 0.349 e. The van der Waals surface area contributed by atoms with Crippen LogP contribution in [0.4, 0.5) is 11.8 Å². The van der Waals surface area contributed by atoms with Crippen molar-refractivity contribution in [3.8, 4) is 5.75 Å². The fraction of sp³-hybridized carbons (Fsp3) is 0.300. The number of para-hydroxylation sites is 1. The van der Waals surface area contributed by atoms with Crippen LogP contribution in [0.25, 0.3) is 11.0 Å². The number of fused-ring (bicyclic) bond motifs is 1. The highest BCUT2D eigenvalue weighted by atomic mass is 16.5. The van der Waals surface area contributed by atoms with Gasteiger partial charge in [0.15, 0.2) is 11.3 Å². The van der Waals surface area contributed by atoms with Crippen molar-refractivity contribution in [2.75, 3.05) is 44.5 Å². The summed E-state index contributed by atoms with van der Waals surface area (Å²) < 4.78 is 10.5. The summed E-state index contributed by atoms with van der Waals surface area (Å²) in [4.78, 5) is 35.2. The molecule has 0 saturated carbocycles. The van der Waals surface area contributed by atoms with Crippen molar-refractivity contribution >= 4 is 28.6 Å². The van der Waals surface area contributed by atoms with Crippen molar-refractivity contribution in [1.82, 2.24) is 15.3 Å². The molecule has 0 unspecified atom stereocenters. The molecular formula is C20H23N5O4. The summed E-state index contributed by atoms with van der Waals surface area (Å²) in [5, 5.41) is 6.37. The lowest BCUT2D eigenvalue weighted by molar-refractivity contribution is 0.0951. The average Bonchev–Trinajstić information content (AvgIpc) is 2.69. The average molecular weight is 397 g/mol. The van der Waals surface area contributed by atoms with Gasteiger partial charge in [-0.25, -0.2) is 9.78 Å². The number of amides is 1. The van der Waals surface area contributed by atoms with Crippen molar-refractivity contribution in [2.24, 2.45) is 0 Å². The number of benzene rings is 1. The van der Waals surface area contributed by atoms with Gasteiger partial charge in [0.2, 0.25) is 5.95 Å². The molecule has 0 aliphatic carbocycles. The summed E-state index contributed by atoms with van der Waals surface area (Å²) in [5.41, 5.74) is 0.364. The standard InChI is InChI=1S/C20H23N5O4/c1-12-10-16(25(2)3)24-20(23-12)22-9-8-21-18(26)14-11-13-6-5-7-15(28-4)17(13)29-19(14)27/h5-7,10-11H,8-9H2,1-4H3,(H,21,26)(H,22,23,24). The lowest BCUT2D eigenvalue weighted by Crippen LogP contribution is -2.32. The van der Waals surface area contributed by atoms with Crippen LogP contribution in [0.5, 0.6) is 5.75 Å². The summed E-state index contributed by atoms with van der Waals surface area (Å²) >= 11 is 0. The van der Waals surface area contributed by atoms with E-state index < -0.39 is 11.5 Å². The third-order valence-corrected chi connectivity index (χ3v) is 4.18. The fourth-order valence-electron chi connectivity index (χ4n) is 2.74. The van der Waals surface area contributed by atoms with Crippen LogP contribution in [0.2, 0.25) is 0 Å². The van der Waals surface area contributed by atoms with Crippen LogP contribution in [-0.2, 0) is 0 Å². The van der Waals surface area contributed by atoms with Gasteiger partial charge in [-0.2, -0.15) is 4.98 Å².